The van der Waals surface area contributed by atoms with Crippen LogP contribution in [0.4, 0.5) is 5.13 Å². The van der Waals surface area contributed by atoms with Gasteiger partial charge < -0.3 is 5.32 Å². The lowest BCUT2D eigenvalue weighted by Gasteiger charge is -2.11. The van der Waals surface area contributed by atoms with Crippen LogP contribution in [0.2, 0.25) is 0 Å². The molecular weight excluding hydrogens is 242 g/mol. The van der Waals surface area contributed by atoms with Gasteiger partial charge in [0.15, 0.2) is 5.13 Å². The van der Waals surface area contributed by atoms with E-state index in [0.717, 1.165) is 11.7 Å². The predicted octanol–water partition coefficient (Wildman–Crippen LogP) is 3.55. The monoisotopic (exact) mass is 257 g/mol. The average molecular weight is 257 g/mol. The second kappa shape index (κ2) is 5.19. The first-order valence-corrected chi connectivity index (χ1v) is 6.59. The van der Waals surface area contributed by atoms with E-state index in [-0.39, 0.29) is 0 Å². The van der Waals surface area contributed by atoms with Crippen LogP contribution in [0.25, 0.3) is 0 Å². The van der Waals surface area contributed by atoms with Gasteiger partial charge in [-0.25, -0.2) is 4.98 Å². The smallest absolute Gasteiger partial charge is 0.184 e. The highest BCUT2D eigenvalue weighted by Crippen LogP contribution is 2.21. The third-order valence-electron chi connectivity index (χ3n) is 3.22. The minimum atomic E-state index is 0.634. The van der Waals surface area contributed by atoms with E-state index in [2.05, 4.69) is 49.3 Å². The first-order valence-electron chi connectivity index (χ1n) is 5.77. The summed E-state index contributed by atoms with van der Waals surface area (Å²) in [5.41, 5.74) is 5.25. The lowest BCUT2D eigenvalue weighted by molar-refractivity contribution is 1.08. The van der Waals surface area contributed by atoms with E-state index in [1.165, 1.54) is 33.6 Å². The molecule has 2 rings (SSSR count). The van der Waals surface area contributed by atoms with E-state index in [1.807, 2.05) is 0 Å². The van der Waals surface area contributed by atoms with Gasteiger partial charge in [0.25, 0.3) is 0 Å². The highest BCUT2D eigenvalue weighted by Gasteiger charge is 2.05. The molecule has 18 heavy (non-hydrogen) atoms. The van der Waals surface area contributed by atoms with Crippen molar-refractivity contribution in [3.8, 4) is 6.07 Å². The number of nitrogens with zero attached hydrogens (tertiary/aromatic N) is 2. The number of aryl methyl sites for hydroxylation is 1. The molecule has 0 amide bonds. The number of nitriles is 1. The minimum Gasteiger partial charge on any atom is -0.357 e. The fourth-order valence-corrected chi connectivity index (χ4v) is 2.39. The van der Waals surface area contributed by atoms with Crippen molar-refractivity contribution in [2.45, 2.75) is 27.3 Å². The zero-order chi connectivity index (χ0) is 13.1. The van der Waals surface area contributed by atoms with Crippen molar-refractivity contribution >= 4 is 16.5 Å². The van der Waals surface area contributed by atoms with Crippen LogP contribution in [0.5, 0.6) is 0 Å². The van der Waals surface area contributed by atoms with Gasteiger partial charge in [-0.3, -0.25) is 0 Å². The Kier molecular flexibility index (Phi) is 3.63. The highest BCUT2D eigenvalue weighted by atomic mass is 32.1. The van der Waals surface area contributed by atoms with Gasteiger partial charge in [0.05, 0.1) is 6.20 Å². The number of aromatic nitrogens is 1. The molecule has 0 aliphatic heterocycles. The summed E-state index contributed by atoms with van der Waals surface area (Å²) in [5, 5.41) is 12.8. The molecule has 1 N–H and O–H groups in total. The highest BCUT2D eigenvalue weighted by molar-refractivity contribution is 7.16. The third kappa shape index (κ3) is 2.52. The molecule has 92 valence electrons. The van der Waals surface area contributed by atoms with Crippen LogP contribution in [-0.4, -0.2) is 4.98 Å². The average Bonchev–Trinajstić information content (AvgIpc) is 2.83. The van der Waals surface area contributed by atoms with Crippen LogP contribution in [0.15, 0.2) is 18.3 Å². The van der Waals surface area contributed by atoms with Crippen LogP contribution in [0.1, 0.15) is 27.1 Å². The molecule has 3 nitrogen and oxygen atoms in total. The topological polar surface area (TPSA) is 48.7 Å². The standard InChI is InChI=1S/C14H15N3S/c1-9-4-5-12(11(3)10(9)2)7-16-14-17-8-13(6-15)18-14/h4-5,8H,7H2,1-3H3,(H,16,17). The molecule has 0 unspecified atom stereocenters. The quantitative estimate of drug-likeness (QED) is 0.914. The van der Waals surface area contributed by atoms with Crippen LogP contribution >= 0.6 is 11.3 Å². The van der Waals surface area contributed by atoms with Crippen molar-refractivity contribution in [3.63, 3.8) is 0 Å². The maximum Gasteiger partial charge on any atom is 0.184 e. The van der Waals surface area contributed by atoms with Crippen molar-refractivity contribution in [3.05, 3.63) is 45.5 Å². The Bertz CT molecular complexity index is 608. The fraction of sp³-hybridized carbons (Fsp3) is 0.286. The summed E-state index contributed by atoms with van der Waals surface area (Å²) in [5.74, 6) is 0. The molecule has 0 saturated heterocycles. The van der Waals surface area contributed by atoms with E-state index in [0.29, 0.717) is 4.88 Å². The third-order valence-corrected chi connectivity index (χ3v) is 4.08. The summed E-state index contributed by atoms with van der Waals surface area (Å²) in [7, 11) is 0. The minimum absolute atomic E-state index is 0.634. The van der Waals surface area contributed by atoms with Gasteiger partial charge in [-0.15, -0.1) is 0 Å². The zero-order valence-electron chi connectivity index (χ0n) is 10.7. The molecule has 2 aromatic rings. The van der Waals surface area contributed by atoms with Crippen molar-refractivity contribution in [2.75, 3.05) is 5.32 Å². The number of thiazole rings is 1. The largest absolute Gasteiger partial charge is 0.357 e. The molecular formula is C14H15N3S. The summed E-state index contributed by atoms with van der Waals surface area (Å²) in [4.78, 5) is 4.79. The summed E-state index contributed by atoms with van der Waals surface area (Å²) < 4.78 is 0. The molecule has 0 aliphatic carbocycles. The number of hydrogen-bond acceptors (Lipinski definition) is 4. The normalized spacial score (nSPS) is 10.1. The Hall–Kier alpha value is -1.86. The van der Waals surface area contributed by atoms with Crippen LogP contribution in [0.3, 0.4) is 0 Å². The van der Waals surface area contributed by atoms with E-state index >= 15 is 0 Å². The van der Waals surface area contributed by atoms with E-state index in [4.69, 9.17) is 5.26 Å². The summed E-state index contributed by atoms with van der Waals surface area (Å²) >= 11 is 1.38. The SMILES string of the molecule is Cc1ccc(CNc2ncc(C#N)s2)c(C)c1C. The molecule has 1 aromatic heterocycles. The van der Waals surface area contributed by atoms with E-state index < -0.39 is 0 Å². The van der Waals surface area contributed by atoms with Crippen molar-refractivity contribution in [1.29, 1.82) is 5.26 Å². The van der Waals surface area contributed by atoms with Crippen LogP contribution in [0, 0.1) is 32.1 Å². The molecule has 0 fully saturated rings. The Morgan fingerprint density at radius 1 is 1.28 bits per heavy atom. The Labute approximate surface area is 111 Å². The maximum absolute atomic E-state index is 8.74. The van der Waals surface area contributed by atoms with Gasteiger partial charge in [0.1, 0.15) is 10.9 Å². The first-order chi connectivity index (χ1) is 8.61. The maximum atomic E-state index is 8.74. The summed E-state index contributed by atoms with van der Waals surface area (Å²) in [6.07, 6.45) is 1.60. The predicted molar refractivity (Wildman–Crippen MR) is 74.8 cm³/mol. The Balaban J connectivity index is 2.11. The van der Waals surface area contributed by atoms with Gasteiger partial charge in [-0.05, 0) is 43.0 Å². The van der Waals surface area contributed by atoms with Crippen molar-refractivity contribution < 1.29 is 0 Å². The second-order valence-electron chi connectivity index (χ2n) is 4.29. The number of hydrogen-bond donors (Lipinski definition) is 1. The molecule has 0 radical (unpaired) electrons. The van der Waals surface area contributed by atoms with Crippen molar-refractivity contribution in [2.24, 2.45) is 0 Å². The van der Waals surface area contributed by atoms with Gasteiger partial charge in [-0.1, -0.05) is 23.5 Å². The second-order valence-corrected chi connectivity index (χ2v) is 5.32. The van der Waals surface area contributed by atoms with Gasteiger partial charge >= 0.3 is 0 Å². The van der Waals surface area contributed by atoms with Gasteiger partial charge in [0.2, 0.25) is 0 Å². The lowest BCUT2D eigenvalue weighted by atomic mass is 9.99. The lowest BCUT2D eigenvalue weighted by Crippen LogP contribution is -2.02. The van der Waals surface area contributed by atoms with Gasteiger partial charge in [0, 0.05) is 6.54 Å². The Morgan fingerprint density at radius 2 is 2.06 bits per heavy atom. The van der Waals surface area contributed by atoms with Gasteiger partial charge in [-0.2, -0.15) is 5.26 Å². The molecule has 0 spiro atoms. The number of rotatable bonds is 3. The number of benzene rings is 1. The molecule has 0 bridgehead atoms. The van der Waals surface area contributed by atoms with Crippen molar-refractivity contribution in [1.82, 2.24) is 4.98 Å². The first kappa shape index (κ1) is 12.6. The molecule has 0 atom stereocenters. The Morgan fingerprint density at radius 3 is 2.72 bits per heavy atom. The molecule has 0 saturated carbocycles. The van der Waals surface area contributed by atoms with E-state index in [1.54, 1.807) is 6.20 Å². The molecule has 1 heterocycles. The van der Waals surface area contributed by atoms with Crippen LogP contribution < -0.4 is 5.32 Å². The molecule has 0 aliphatic rings. The summed E-state index contributed by atoms with van der Waals surface area (Å²) in [6, 6.07) is 6.37. The number of anilines is 1. The zero-order valence-corrected chi connectivity index (χ0v) is 11.6. The molecule has 4 heteroatoms. The molecule has 1 aromatic carbocycles. The fourth-order valence-electron chi connectivity index (χ4n) is 1.78. The van der Waals surface area contributed by atoms with Crippen LogP contribution in [-0.2, 0) is 6.54 Å². The number of nitrogens with one attached hydrogen (secondary N) is 1. The van der Waals surface area contributed by atoms with E-state index in [9.17, 15) is 0 Å². The summed E-state index contributed by atoms with van der Waals surface area (Å²) in [6.45, 7) is 7.15.